The van der Waals surface area contributed by atoms with Crippen LogP contribution in [-0.4, -0.2) is 12.7 Å². The maximum atomic E-state index is 5.80. The van der Waals surface area contributed by atoms with Crippen LogP contribution in [0.25, 0.3) is 0 Å². The molecule has 1 atom stereocenters. The standard InChI is InChI=1S/C11H20O/c1-2-10-8-11(9-12-10)6-4-3-5-7-11/h10H,2-9H2,1H3. The number of hydrogen-bond donors (Lipinski definition) is 0. The lowest BCUT2D eigenvalue weighted by Gasteiger charge is -2.31. The van der Waals surface area contributed by atoms with E-state index in [1.807, 2.05) is 0 Å². The molecule has 0 aromatic rings. The van der Waals surface area contributed by atoms with Gasteiger partial charge >= 0.3 is 0 Å². The molecule has 1 unspecified atom stereocenters. The summed E-state index contributed by atoms with van der Waals surface area (Å²) in [5.41, 5.74) is 0.624. The molecule has 1 nitrogen and oxygen atoms in total. The highest BCUT2D eigenvalue weighted by atomic mass is 16.5. The third kappa shape index (κ3) is 1.52. The van der Waals surface area contributed by atoms with Crippen molar-refractivity contribution >= 4 is 0 Å². The molecule has 70 valence electrons. The minimum absolute atomic E-state index is 0.586. The van der Waals surface area contributed by atoms with E-state index in [0.717, 1.165) is 6.61 Å². The maximum Gasteiger partial charge on any atom is 0.0579 e. The predicted molar refractivity (Wildman–Crippen MR) is 50.2 cm³/mol. The molecule has 1 aliphatic carbocycles. The normalized spacial score (nSPS) is 34.2. The fourth-order valence-corrected chi connectivity index (χ4v) is 2.81. The summed E-state index contributed by atoms with van der Waals surface area (Å²) in [4.78, 5) is 0. The van der Waals surface area contributed by atoms with E-state index < -0.39 is 0 Å². The third-order valence-corrected chi connectivity index (χ3v) is 3.66. The van der Waals surface area contributed by atoms with Crippen LogP contribution in [0, 0.1) is 5.41 Å². The Morgan fingerprint density at radius 2 is 2.00 bits per heavy atom. The molecule has 0 N–H and O–H groups in total. The van der Waals surface area contributed by atoms with Crippen LogP contribution in [0.4, 0.5) is 0 Å². The van der Waals surface area contributed by atoms with E-state index in [0.29, 0.717) is 11.5 Å². The first-order valence-corrected chi connectivity index (χ1v) is 5.46. The molecular formula is C11H20O. The van der Waals surface area contributed by atoms with Crippen LogP contribution < -0.4 is 0 Å². The summed E-state index contributed by atoms with van der Waals surface area (Å²) in [6.07, 6.45) is 10.4. The molecule has 1 aliphatic heterocycles. The zero-order valence-electron chi connectivity index (χ0n) is 8.14. The van der Waals surface area contributed by atoms with Crippen LogP contribution in [0.3, 0.4) is 0 Å². The zero-order chi connectivity index (χ0) is 8.44. The van der Waals surface area contributed by atoms with Crippen LogP contribution >= 0.6 is 0 Å². The first-order valence-electron chi connectivity index (χ1n) is 5.46. The Bertz CT molecular complexity index is 147. The van der Waals surface area contributed by atoms with Gasteiger partial charge in [-0.2, -0.15) is 0 Å². The highest BCUT2D eigenvalue weighted by molar-refractivity contribution is 4.89. The van der Waals surface area contributed by atoms with Gasteiger partial charge in [-0.25, -0.2) is 0 Å². The average molecular weight is 168 g/mol. The second-order valence-electron chi connectivity index (χ2n) is 4.61. The van der Waals surface area contributed by atoms with Crippen molar-refractivity contribution in [3.05, 3.63) is 0 Å². The van der Waals surface area contributed by atoms with Gasteiger partial charge in [0.25, 0.3) is 0 Å². The molecule has 0 amide bonds. The van der Waals surface area contributed by atoms with Gasteiger partial charge in [0.1, 0.15) is 0 Å². The van der Waals surface area contributed by atoms with Crippen LogP contribution in [0.15, 0.2) is 0 Å². The van der Waals surface area contributed by atoms with Crippen molar-refractivity contribution in [2.24, 2.45) is 5.41 Å². The topological polar surface area (TPSA) is 9.23 Å². The predicted octanol–water partition coefficient (Wildman–Crippen LogP) is 3.14. The Balaban J connectivity index is 1.94. The lowest BCUT2D eigenvalue weighted by molar-refractivity contribution is 0.0827. The summed E-state index contributed by atoms with van der Waals surface area (Å²) in [6.45, 7) is 3.30. The lowest BCUT2D eigenvalue weighted by Crippen LogP contribution is -2.24. The summed E-state index contributed by atoms with van der Waals surface area (Å²) in [5.74, 6) is 0. The summed E-state index contributed by atoms with van der Waals surface area (Å²) < 4.78 is 5.80. The Labute approximate surface area is 75.5 Å². The van der Waals surface area contributed by atoms with Gasteiger partial charge in [-0.15, -0.1) is 0 Å². The van der Waals surface area contributed by atoms with Crippen LogP contribution in [0.1, 0.15) is 51.9 Å². The SMILES string of the molecule is CCC1CC2(CCCCC2)CO1. The molecule has 1 heteroatoms. The number of hydrogen-bond acceptors (Lipinski definition) is 1. The second-order valence-corrected chi connectivity index (χ2v) is 4.61. The van der Waals surface area contributed by atoms with Crippen molar-refractivity contribution in [1.82, 2.24) is 0 Å². The van der Waals surface area contributed by atoms with E-state index in [1.165, 1.54) is 44.9 Å². The summed E-state index contributed by atoms with van der Waals surface area (Å²) in [6, 6.07) is 0. The van der Waals surface area contributed by atoms with E-state index in [4.69, 9.17) is 4.74 Å². The Morgan fingerprint density at radius 1 is 1.25 bits per heavy atom. The molecule has 2 aliphatic rings. The minimum atomic E-state index is 0.586. The number of ether oxygens (including phenoxy) is 1. The molecule has 0 aromatic carbocycles. The highest BCUT2D eigenvalue weighted by Crippen LogP contribution is 2.45. The zero-order valence-corrected chi connectivity index (χ0v) is 8.14. The molecule has 1 saturated carbocycles. The van der Waals surface area contributed by atoms with Crippen molar-refractivity contribution in [2.75, 3.05) is 6.61 Å². The van der Waals surface area contributed by atoms with E-state index in [2.05, 4.69) is 6.92 Å². The van der Waals surface area contributed by atoms with Gasteiger partial charge in [-0.05, 0) is 31.1 Å². The second kappa shape index (κ2) is 3.37. The monoisotopic (exact) mass is 168 g/mol. The number of rotatable bonds is 1. The summed E-state index contributed by atoms with van der Waals surface area (Å²) in [5, 5.41) is 0. The van der Waals surface area contributed by atoms with E-state index in [1.54, 1.807) is 0 Å². The van der Waals surface area contributed by atoms with Crippen molar-refractivity contribution in [1.29, 1.82) is 0 Å². The highest BCUT2D eigenvalue weighted by Gasteiger charge is 2.39. The minimum Gasteiger partial charge on any atom is -0.378 e. The Morgan fingerprint density at radius 3 is 2.58 bits per heavy atom. The Kier molecular flexibility index (Phi) is 2.40. The van der Waals surface area contributed by atoms with Gasteiger partial charge in [0.05, 0.1) is 12.7 Å². The average Bonchev–Trinajstić information content (AvgIpc) is 2.50. The molecule has 2 fully saturated rings. The van der Waals surface area contributed by atoms with Gasteiger partial charge in [0, 0.05) is 0 Å². The fourth-order valence-electron chi connectivity index (χ4n) is 2.81. The van der Waals surface area contributed by atoms with Gasteiger partial charge in [0.15, 0.2) is 0 Å². The lowest BCUT2D eigenvalue weighted by atomic mass is 9.72. The van der Waals surface area contributed by atoms with Crippen LogP contribution in [-0.2, 0) is 4.74 Å². The first-order chi connectivity index (χ1) is 5.85. The Hall–Kier alpha value is -0.0400. The quantitative estimate of drug-likeness (QED) is 0.584. The van der Waals surface area contributed by atoms with Gasteiger partial charge in [-0.1, -0.05) is 26.2 Å². The van der Waals surface area contributed by atoms with Crippen LogP contribution in [0.2, 0.25) is 0 Å². The van der Waals surface area contributed by atoms with Crippen molar-refractivity contribution < 1.29 is 4.74 Å². The molecule has 2 rings (SSSR count). The smallest absolute Gasteiger partial charge is 0.0579 e. The first kappa shape index (κ1) is 8.55. The molecule has 12 heavy (non-hydrogen) atoms. The molecule has 1 saturated heterocycles. The summed E-state index contributed by atoms with van der Waals surface area (Å²) >= 11 is 0. The van der Waals surface area contributed by atoms with Crippen molar-refractivity contribution in [3.8, 4) is 0 Å². The van der Waals surface area contributed by atoms with Crippen LogP contribution in [0.5, 0.6) is 0 Å². The van der Waals surface area contributed by atoms with E-state index in [9.17, 15) is 0 Å². The van der Waals surface area contributed by atoms with Gasteiger partial charge in [-0.3, -0.25) is 0 Å². The molecule has 0 aromatic heterocycles. The van der Waals surface area contributed by atoms with Crippen molar-refractivity contribution in [2.45, 2.75) is 58.0 Å². The molecular weight excluding hydrogens is 148 g/mol. The molecule has 0 radical (unpaired) electrons. The third-order valence-electron chi connectivity index (χ3n) is 3.66. The maximum absolute atomic E-state index is 5.80. The van der Waals surface area contributed by atoms with Gasteiger partial charge in [0.2, 0.25) is 0 Å². The summed E-state index contributed by atoms with van der Waals surface area (Å²) in [7, 11) is 0. The molecule has 0 bridgehead atoms. The van der Waals surface area contributed by atoms with Gasteiger partial charge < -0.3 is 4.74 Å². The van der Waals surface area contributed by atoms with E-state index in [-0.39, 0.29) is 0 Å². The van der Waals surface area contributed by atoms with Crippen molar-refractivity contribution in [3.63, 3.8) is 0 Å². The fraction of sp³-hybridized carbons (Fsp3) is 1.00. The molecule has 1 heterocycles. The van der Waals surface area contributed by atoms with E-state index >= 15 is 0 Å². The molecule has 1 spiro atoms. The largest absolute Gasteiger partial charge is 0.378 e.